The van der Waals surface area contributed by atoms with Gasteiger partial charge in [0.25, 0.3) is 0 Å². The van der Waals surface area contributed by atoms with Gasteiger partial charge in [-0.3, -0.25) is 4.79 Å². The van der Waals surface area contributed by atoms with Crippen LogP contribution >= 0.6 is 0 Å². The van der Waals surface area contributed by atoms with E-state index in [0.29, 0.717) is 22.5 Å². The molecule has 0 radical (unpaired) electrons. The zero-order chi connectivity index (χ0) is 23.9. The van der Waals surface area contributed by atoms with Crippen LogP contribution in [-0.2, 0) is 16.0 Å². The molecule has 0 aliphatic heterocycles. The molecule has 1 aromatic heterocycles. The summed E-state index contributed by atoms with van der Waals surface area (Å²) < 4.78 is 16.5. The number of methoxy groups -OCH3 is 1. The predicted octanol–water partition coefficient (Wildman–Crippen LogP) is 4.53. The number of rotatable bonds is 7. The van der Waals surface area contributed by atoms with Gasteiger partial charge in [-0.05, 0) is 35.9 Å². The van der Waals surface area contributed by atoms with E-state index in [1.165, 1.54) is 13.2 Å². The molecular formula is C28H22O6. The van der Waals surface area contributed by atoms with Crippen LogP contribution in [0.5, 0.6) is 5.75 Å². The van der Waals surface area contributed by atoms with Crippen molar-refractivity contribution in [1.82, 2.24) is 0 Å². The van der Waals surface area contributed by atoms with Gasteiger partial charge in [0.2, 0.25) is 0 Å². The number of ether oxygens (including phenoxy) is 2. The van der Waals surface area contributed by atoms with Gasteiger partial charge in [-0.2, -0.15) is 0 Å². The maximum Gasteiger partial charge on any atom is 0.333 e. The molecule has 0 aliphatic rings. The smallest absolute Gasteiger partial charge is 0.333 e. The van der Waals surface area contributed by atoms with Crippen molar-refractivity contribution < 1.29 is 23.8 Å². The molecule has 170 valence electrons. The lowest BCUT2D eigenvalue weighted by Gasteiger charge is -2.10. The van der Waals surface area contributed by atoms with Crippen molar-refractivity contribution in [2.45, 2.75) is 12.5 Å². The molecule has 0 saturated carbocycles. The average Bonchev–Trinajstić information content (AvgIpc) is 2.86. The van der Waals surface area contributed by atoms with E-state index in [-0.39, 0.29) is 18.5 Å². The first kappa shape index (κ1) is 22.8. The number of carboxylic acid groups (broad SMARTS) is 1. The van der Waals surface area contributed by atoms with Crippen LogP contribution in [0, 0.1) is 11.8 Å². The summed E-state index contributed by atoms with van der Waals surface area (Å²) >= 11 is 0. The minimum atomic E-state index is -0.994. The first-order valence-electron chi connectivity index (χ1n) is 10.6. The standard InChI is InChI=1S/C28H22O6/c1-32-27(28(30)31)16-20-11-9-19(10-12-20)6-5-15-33-22-13-14-25-23(17-22)24(29)18-26(34-25)21-7-3-2-4-8-21/h2-4,7-14,17-18,27H,15-16H2,1H3,(H,30,31)/t27-/m0/s1. The van der Waals surface area contributed by atoms with E-state index in [0.717, 1.165) is 16.7 Å². The topological polar surface area (TPSA) is 86.0 Å². The number of benzene rings is 3. The Bertz CT molecular complexity index is 1410. The summed E-state index contributed by atoms with van der Waals surface area (Å²) in [6, 6.07) is 23.4. The van der Waals surface area contributed by atoms with Gasteiger partial charge in [-0.15, -0.1) is 0 Å². The van der Waals surface area contributed by atoms with Crippen molar-refractivity contribution >= 4 is 16.9 Å². The SMILES string of the molecule is CO[C@@H](Cc1ccc(C#CCOc2ccc3oc(-c4ccccc4)cc(=O)c3c2)cc1)C(=O)O. The van der Waals surface area contributed by atoms with Crippen molar-refractivity contribution in [2.24, 2.45) is 0 Å². The lowest BCUT2D eigenvalue weighted by atomic mass is 10.1. The van der Waals surface area contributed by atoms with Gasteiger partial charge >= 0.3 is 5.97 Å². The first-order valence-corrected chi connectivity index (χ1v) is 10.6. The molecule has 1 atom stereocenters. The van der Waals surface area contributed by atoms with E-state index in [1.807, 2.05) is 54.6 Å². The van der Waals surface area contributed by atoms with E-state index >= 15 is 0 Å². The fourth-order valence-electron chi connectivity index (χ4n) is 3.44. The lowest BCUT2D eigenvalue weighted by molar-refractivity contribution is -0.148. The molecule has 0 aliphatic carbocycles. The maximum absolute atomic E-state index is 12.6. The highest BCUT2D eigenvalue weighted by Gasteiger charge is 2.16. The van der Waals surface area contributed by atoms with Crippen molar-refractivity contribution in [3.63, 3.8) is 0 Å². The third-order valence-electron chi connectivity index (χ3n) is 5.24. The molecule has 6 heteroatoms. The minimum absolute atomic E-state index is 0.143. The van der Waals surface area contributed by atoms with Gasteiger partial charge in [0, 0.05) is 30.7 Å². The van der Waals surface area contributed by atoms with Crippen LogP contribution in [0.3, 0.4) is 0 Å². The second kappa shape index (κ2) is 10.5. The number of hydrogen-bond donors (Lipinski definition) is 1. The molecule has 6 nitrogen and oxygen atoms in total. The summed E-state index contributed by atoms with van der Waals surface area (Å²) in [4.78, 5) is 23.7. The van der Waals surface area contributed by atoms with Crippen molar-refractivity contribution in [3.05, 3.63) is 100 Å². The van der Waals surface area contributed by atoms with Gasteiger partial charge in [0.05, 0.1) is 5.39 Å². The summed E-state index contributed by atoms with van der Waals surface area (Å²) in [5, 5.41) is 9.52. The highest BCUT2D eigenvalue weighted by Crippen LogP contribution is 2.24. The fraction of sp³-hybridized carbons (Fsp3) is 0.143. The van der Waals surface area contributed by atoms with E-state index in [4.69, 9.17) is 19.0 Å². The lowest BCUT2D eigenvalue weighted by Crippen LogP contribution is -2.24. The molecule has 3 aromatic carbocycles. The van der Waals surface area contributed by atoms with Crippen LogP contribution < -0.4 is 10.2 Å². The van der Waals surface area contributed by atoms with E-state index < -0.39 is 12.1 Å². The third kappa shape index (κ3) is 5.52. The van der Waals surface area contributed by atoms with Crippen LogP contribution in [0.25, 0.3) is 22.3 Å². The largest absolute Gasteiger partial charge is 0.481 e. The van der Waals surface area contributed by atoms with Crippen LogP contribution in [0.4, 0.5) is 0 Å². The zero-order valence-electron chi connectivity index (χ0n) is 18.5. The fourth-order valence-corrected chi connectivity index (χ4v) is 3.44. The zero-order valence-corrected chi connectivity index (χ0v) is 18.5. The molecule has 0 fully saturated rings. The van der Waals surface area contributed by atoms with E-state index in [9.17, 15) is 9.59 Å². The Balaban J connectivity index is 1.40. The van der Waals surface area contributed by atoms with Crippen LogP contribution in [0.15, 0.2) is 88.1 Å². The van der Waals surface area contributed by atoms with Crippen molar-refractivity contribution in [3.8, 4) is 28.9 Å². The number of carbonyl (C=O) groups is 1. The quantitative estimate of drug-likeness (QED) is 0.413. The Morgan fingerprint density at radius 1 is 1.03 bits per heavy atom. The van der Waals surface area contributed by atoms with Crippen molar-refractivity contribution in [1.29, 1.82) is 0 Å². The second-order valence-electron chi connectivity index (χ2n) is 7.55. The van der Waals surface area contributed by atoms with Crippen LogP contribution in [0.1, 0.15) is 11.1 Å². The molecule has 0 saturated heterocycles. The molecule has 1 N–H and O–H groups in total. The van der Waals surface area contributed by atoms with Gasteiger partial charge < -0.3 is 19.0 Å². The van der Waals surface area contributed by atoms with Gasteiger partial charge in [0.15, 0.2) is 11.5 Å². The Morgan fingerprint density at radius 3 is 2.50 bits per heavy atom. The number of carboxylic acids is 1. The predicted molar refractivity (Wildman–Crippen MR) is 129 cm³/mol. The average molecular weight is 454 g/mol. The monoisotopic (exact) mass is 454 g/mol. The third-order valence-corrected chi connectivity index (χ3v) is 5.24. The summed E-state index contributed by atoms with van der Waals surface area (Å²) in [5.74, 6) is 5.99. The molecule has 34 heavy (non-hydrogen) atoms. The summed E-state index contributed by atoms with van der Waals surface area (Å²) in [6.45, 7) is 0.144. The van der Waals surface area contributed by atoms with Crippen molar-refractivity contribution in [2.75, 3.05) is 13.7 Å². The molecule has 0 bridgehead atoms. The molecular weight excluding hydrogens is 432 g/mol. The Morgan fingerprint density at radius 2 is 1.79 bits per heavy atom. The van der Waals surface area contributed by atoms with Gasteiger partial charge in [-0.1, -0.05) is 54.3 Å². The summed E-state index contributed by atoms with van der Waals surface area (Å²) in [6.07, 6.45) is -0.592. The number of aliphatic carboxylic acids is 1. The molecule has 0 spiro atoms. The number of fused-ring (bicyclic) bond motifs is 1. The Labute approximate surface area is 196 Å². The second-order valence-corrected chi connectivity index (χ2v) is 7.55. The minimum Gasteiger partial charge on any atom is -0.481 e. The molecule has 4 rings (SSSR count). The van der Waals surface area contributed by atoms with E-state index in [1.54, 1.807) is 18.2 Å². The highest BCUT2D eigenvalue weighted by atomic mass is 16.5. The van der Waals surface area contributed by atoms with E-state index in [2.05, 4.69) is 11.8 Å². The Kier molecular flexibility index (Phi) is 7.07. The molecule has 4 aromatic rings. The molecule has 0 unspecified atom stereocenters. The first-order chi connectivity index (χ1) is 16.5. The van der Waals surface area contributed by atoms with Gasteiger partial charge in [-0.25, -0.2) is 4.79 Å². The Hall–Kier alpha value is -4.34. The number of hydrogen-bond acceptors (Lipinski definition) is 5. The summed E-state index contributed by atoms with van der Waals surface area (Å²) in [7, 11) is 1.38. The highest BCUT2D eigenvalue weighted by molar-refractivity contribution is 5.80. The van der Waals surface area contributed by atoms with Gasteiger partial charge in [0.1, 0.15) is 23.7 Å². The van der Waals surface area contributed by atoms with Crippen LogP contribution in [0.2, 0.25) is 0 Å². The molecule has 0 amide bonds. The summed E-state index contributed by atoms with van der Waals surface area (Å²) in [5.41, 5.74) is 2.81. The maximum atomic E-state index is 12.6. The molecule has 1 heterocycles. The normalized spacial score (nSPS) is 11.4. The van der Waals surface area contributed by atoms with Crippen LogP contribution in [-0.4, -0.2) is 30.9 Å².